The molecule has 1 aliphatic heterocycles. The van der Waals surface area contributed by atoms with Gasteiger partial charge in [0.05, 0.1) is 18.4 Å². The zero-order chi connectivity index (χ0) is 12.3. The van der Waals surface area contributed by atoms with Crippen molar-refractivity contribution < 1.29 is 9.53 Å². The summed E-state index contributed by atoms with van der Waals surface area (Å²) in [5, 5.41) is 0. The molecule has 0 radical (unpaired) electrons. The third-order valence-electron chi connectivity index (χ3n) is 3.16. The summed E-state index contributed by atoms with van der Waals surface area (Å²) in [5.41, 5.74) is 1.29. The summed E-state index contributed by atoms with van der Waals surface area (Å²) in [6.45, 7) is 3.97. The van der Waals surface area contributed by atoms with Crippen molar-refractivity contribution in [2.75, 3.05) is 25.1 Å². The van der Waals surface area contributed by atoms with Crippen LogP contribution in [0.5, 0.6) is 0 Å². The van der Waals surface area contributed by atoms with E-state index in [1.54, 1.807) is 6.07 Å². The van der Waals surface area contributed by atoms with Crippen LogP contribution in [-0.4, -0.2) is 31.2 Å². The van der Waals surface area contributed by atoms with Gasteiger partial charge >= 0.3 is 5.97 Å². The fourth-order valence-corrected chi connectivity index (χ4v) is 2.17. The summed E-state index contributed by atoms with van der Waals surface area (Å²) in [6.07, 6.45) is 3.74. The average molecular weight is 234 g/mol. The topological polar surface area (TPSA) is 42.4 Å². The Morgan fingerprint density at radius 1 is 1.29 bits per heavy atom. The normalized spacial score (nSPS) is 15.8. The number of piperidine rings is 1. The van der Waals surface area contributed by atoms with E-state index in [0.717, 1.165) is 24.6 Å². The molecule has 1 aromatic rings. The number of methoxy groups -OCH3 is 1. The van der Waals surface area contributed by atoms with Gasteiger partial charge < -0.3 is 9.64 Å². The smallest absolute Gasteiger partial charge is 0.339 e. The maximum absolute atomic E-state index is 11.4. The molecule has 0 amide bonds. The van der Waals surface area contributed by atoms with Crippen molar-refractivity contribution in [2.45, 2.75) is 26.2 Å². The highest BCUT2D eigenvalue weighted by molar-refractivity contribution is 5.90. The molecule has 2 heterocycles. The molecular formula is C13H18N2O2. The second-order valence-electron chi connectivity index (χ2n) is 4.34. The van der Waals surface area contributed by atoms with Crippen molar-refractivity contribution in [1.29, 1.82) is 0 Å². The number of esters is 1. The highest BCUT2D eigenvalue weighted by atomic mass is 16.5. The van der Waals surface area contributed by atoms with Crippen molar-refractivity contribution in [3.8, 4) is 0 Å². The summed E-state index contributed by atoms with van der Waals surface area (Å²) in [6, 6.07) is 3.71. The molecule has 4 nitrogen and oxygen atoms in total. The van der Waals surface area contributed by atoms with E-state index in [9.17, 15) is 4.79 Å². The van der Waals surface area contributed by atoms with Gasteiger partial charge in [0.15, 0.2) is 0 Å². The Balaban J connectivity index is 2.20. The van der Waals surface area contributed by atoms with Crippen molar-refractivity contribution in [3.05, 3.63) is 23.4 Å². The van der Waals surface area contributed by atoms with Gasteiger partial charge in [-0.25, -0.2) is 9.78 Å². The first-order chi connectivity index (χ1) is 8.22. The molecule has 92 valence electrons. The van der Waals surface area contributed by atoms with Crippen LogP contribution in [-0.2, 0) is 4.74 Å². The SMILES string of the molecule is COC(=O)c1ccc(N2CCCCC2)nc1C. The number of ether oxygens (including phenoxy) is 1. The van der Waals surface area contributed by atoms with E-state index in [4.69, 9.17) is 4.74 Å². The van der Waals surface area contributed by atoms with Crippen LogP contribution < -0.4 is 4.90 Å². The number of nitrogens with zero attached hydrogens (tertiary/aromatic N) is 2. The molecule has 1 aliphatic rings. The number of pyridine rings is 1. The van der Waals surface area contributed by atoms with Crippen LogP contribution in [0, 0.1) is 6.92 Å². The van der Waals surface area contributed by atoms with Gasteiger partial charge in [-0.2, -0.15) is 0 Å². The molecule has 4 heteroatoms. The summed E-state index contributed by atoms with van der Waals surface area (Å²) >= 11 is 0. The number of hydrogen-bond acceptors (Lipinski definition) is 4. The number of carbonyl (C=O) groups is 1. The van der Waals surface area contributed by atoms with Crippen molar-refractivity contribution in [1.82, 2.24) is 4.98 Å². The Bertz CT molecular complexity index is 412. The third kappa shape index (κ3) is 2.57. The standard InChI is InChI=1S/C13H18N2O2/c1-10-11(13(16)17-2)6-7-12(14-10)15-8-4-3-5-9-15/h6-7H,3-5,8-9H2,1-2H3. The molecular weight excluding hydrogens is 216 g/mol. The second-order valence-corrected chi connectivity index (χ2v) is 4.34. The van der Waals surface area contributed by atoms with E-state index >= 15 is 0 Å². The van der Waals surface area contributed by atoms with Gasteiger partial charge in [-0.05, 0) is 38.3 Å². The molecule has 0 atom stereocenters. The van der Waals surface area contributed by atoms with Crippen molar-refractivity contribution in [2.24, 2.45) is 0 Å². The van der Waals surface area contributed by atoms with Crippen LogP contribution in [0.1, 0.15) is 35.3 Å². The Hall–Kier alpha value is -1.58. The lowest BCUT2D eigenvalue weighted by Crippen LogP contribution is -2.30. The molecule has 0 saturated carbocycles. The van der Waals surface area contributed by atoms with Crippen LogP contribution in [0.3, 0.4) is 0 Å². The zero-order valence-corrected chi connectivity index (χ0v) is 10.4. The lowest BCUT2D eigenvalue weighted by Gasteiger charge is -2.28. The Kier molecular flexibility index (Phi) is 3.61. The number of hydrogen-bond donors (Lipinski definition) is 0. The lowest BCUT2D eigenvalue weighted by atomic mass is 10.1. The minimum atomic E-state index is -0.319. The van der Waals surface area contributed by atoms with Crippen LogP contribution in [0.25, 0.3) is 0 Å². The Morgan fingerprint density at radius 2 is 2.00 bits per heavy atom. The zero-order valence-electron chi connectivity index (χ0n) is 10.4. The molecule has 0 spiro atoms. The van der Waals surface area contributed by atoms with E-state index < -0.39 is 0 Å². The van der Waals surface area contributed by atoms with Crippen LogP contribution in [0.15, 0.2) is 12.1 Å². The predicted octanol–water partition coefficient (Wildman–Crippen LogP) is 2.17. The maximum atomic E-state index is 11.4. The molecule has 0 aromatic carbocycles. The second kappa shape index (κ2) is 5.17. The largest absolute Gasteiger partial charge is 0.465 e. The molecule has 0 unspecified atom stereocenters. The molecule has 2 rings (SSSR count). The first-order valence-electron chi connectivity index (χ1n) is 6.03. The van der Waals surface area contributed by atoms with Gasteiger partial charge in [-0.3, -0.25) is 0 Å². The Morgan fingerprint density at radius 3 is 2.59 bits per heavy atom. The fraction of sp³-hybridized carbons (Fsp3) is 0.538. The van der Waals surface area contributed by atoms with Gasteiger partial charge in [-0.1, -0.05) is 0 Å². The number of aryl methyl sites for hydroxylation is 1. The highest BCUT2D eigenvalue weighted by Gasteiger charge is 2.15. The molecule has 0 aliphatic carbocycles. The molecule has 1 saturated heterocycles. The molecule has 0 bridgehead atoms. The van der Waals surface area contributed by atoms with Gasteiger partial charge in [-0.15, -0.1) is 0 Å². The quantitative estimate of drug-likeness (QED) is 0.735. The number of carbonyl (C=O) groups excluding carboxylic acids is 1. The number of rotatable bonds is 2. The minimum Gasteiger partial charge on any atom is -0.465 e. The predicted molar refractivity (Wildman–Crippen MR) is 66.4 cm³/mol. The third-order valence-corrected chi connectivity index (χ3v) is 3.16. The van der Waals surface area contributed by atoms with E-state index in [2.05, 4.69) is 9.88 Å². The van der Waals surface area contributed by atoms with Crippen molar-refractivity contribution >= 4 is 11.8 Å². The van der Waals surface area contributed by atoms with Crippen LogP contribution in [0.4, 0.5) is 5.82 Å². The first-order valence-corrected chi connectivity index (χ1v) is 6.03. The number of anilines is 1. The average Bonchev–Trinajstić information content (AvgIpc) is 2.39. The van der Waals surface area contributed by atoms with Gasteiger partial charge in [0.2, 0.25) is 0 Å². The highest BCUT2D eigenvalue weighted by Crippen LogP contribution is 2.19. The van der Waals surface area contributed by atoms with Gasteiger partial charge in [0, 0.05) is 13.1 Å². The van der Waals surface area contributed by atoms with Crippen LogP contribution >= 0.6 is 0 Å². The molecule has 0 N–H and O–H groups in total. The van der Waals surface area contributed by atoms with Crippen molar-refractivity contribution in [3.63, 3.8) is 0 Å². The molecule has 1 aromatic heterocycles. The summed E-state index contributed by atoms with van der Waals surface area (Å²) in [7, 11) is 1.39. The summed E-state index contributed by atoms with van der Waals surface area (Å²) in [5.74, 6) is 0.648. The first kappa shape index (κ1) is 11.9. The maximum Gasteiger partial charge on any atom is 0.339 e. The van der Waals surface area contributed by atoms with E-state index in [0.29, 0.717) is 5.56 Å². The molecule has 1 fully saturated rings. The number of aromatic nitrogens is 1. The monoisotopic (exact) mass is 234 g/mol. The van der Waals surface area contributed by atoms with Gasteiger partial charge in [0.1, 0.15) is 5.82 Å². The molecule has 17 heavy (non-hydrogen) atoms. The fourth-order valence-electron chi connectivity index (χ4n) is 2.17. The minimum absolute atomic E-state index is 0.319. The lowest BCUT2D eigenvalue weighted by molar-refractivity contribution is 0.0599. The summed E-state index contributed by atoms with van der Waals surface area (Å²) in [4.78, 5) is 18.2. The Labute approximate surface area is 102 Å². The van der Waals surface area contributed by atoms with Crippen LogP contribution in [0.2, 0.25) is 0 Å². The van der Waals surface area contributed by atoms with E-state index in [1.807, 2.05) is 13.0 Å². The summed E-state index contributed by atoms with van der Waals surface area (Å²) < 4.78 is 4.71. The van der Waals surface area contributed by atoms with E-state index in [-0.39, 0.29) is 5.97 Å². The van der Waals surface area contributed by atoms with Gasteiger partial charge in [0.25, 0.3) is 0 Å². The van der Waals surface area contributed by atoms with E-state index in [1.165, 1.54) is 26.4 Å².